The highest BCUT2D eigenvalue weighted by Crippen LogP contribution is 2.30. The van der Waals surface area contributed by atoms with Gasteiger partial charge in [-0.15, -0.1) is 0 Å². The van der Waals surface area contributed by atoms with Gasteiger partial charge in [0.05, 0.1) is 22.9 Å². The first kappa shape index (κ1) is 11.5. The third-order valence-electron chi connectivity index (χ3n) is 1.33. The van der Waals surface area contributed by atoms with Crippen LogP contribution < -0.4 is 0 Å². The molecule has 0 heterocycles. The average molecular weight is 328 g/mol. The van der Waals surface area contributed by atoms with E-state index in [4.69, 9.17) is 4.33 Å². The highest BCUT2D eigenvalue weighted by molar-refractivity contribution is 9.24. The Morgan fingerprint density at radius 2 is 1.85 bits per heavy atom. The number of benzene rings is 1. The van der Waals surface area contributed by atoms with Crippen LogP contribution in [0.2, 0.25) is 0 Å². The van der Waals surface area contributed by atoms with Crippen LogP contribution in [-0.4, -0.2) is 7.11 Å². The maximum absolute atomic E-state index is 4.71. The lowest BCUT2D eigenvalue weighted by molar-refractivity contribution is -0.160. The summed E-state index contributed by atoms with van der Waals surface area (Å²) in [5, 5.41) is 0. The molecule has 0 aliphatic heterocycles. The van der Waals surface area contributed by atoms with Crippen molar-refractivity contribution in [2.75, 3.05) is 7.11 Å². The van der Waals surface area contributed by atoms with Gasteiger partial charge in [-0.1, -0.05) is 44.0 Å². The van der Waals surface area contributed by atoms with Gasteiger partial charge in [0.15, 0.2) is 0 Å². The number of alkyl halides is 2. The lowest BCUT2D eigenvalue weighted by atomic mass is 10.2. The van der Waals surface area contributed by atoms with Gasteiger partial charge in [-0.05, 0) is 17.7 Å². The number of rotatable bonds is 4. The normalized spacial score (nSPS) is 10.8. The van der Waals surface area contributed by atoms with Crippen LogP contribution in [0.25, 0.3) is 0 Å². The second kappa shape index (κ2) is 6.03. The predicted octanol–water partition coefficient (Wildman–Crippen LogP) is 4.06. The van der Waals surface area contributed by atoms with Crippen LogP contribution >= 0.6 is 43.9 Å². The van der Waals surface area contributed by atoms with Crippen LogP contribution in [0.5, 0.6) is 0 Å². The number of hydrogen-bond acceptors (Lipinski definition) is 3. The Kier molecular flexibility index (Phi) is 5.35. The molecule has 1 rings (SSSR count). The maximum atomic E-state index is 4.71. The summed E-state index contributed by atoms with van der Waals surface area (Å²) in [6, 6.07) is 7.95. The molecule has 0 aromatic heterocycles. The summed E-state index contributed by atoms with van der Waals surface area (Å²) in [6.45, 7) is 0. The second-order valence-corrected chi connectivity index (χ2v) is 6.02. The molecule has 0 radical (unpaired) electrons. The first-order valence-electron chi connectivity index (χ1n) is 3.49. The lowest BCUT2D eigenvalue weighted by Crippen LogP contribution is -1.81. The van der Waals surface area contributed by atoms with E-state index in [-0.39, 0.29) is 3.74 Å². The molecule has 0 fully saturated rings. The van der Waals surface area contributed by atoms with Gasteiger partial charge in [-0.2, -0.15) is 4.33 Å². The monoisotopic (exact) mass is 326 g/mol. The molecule has 0 atom stereocenters. The molecule has 5 heteroatoms. The van der Waals surface area contributed by atoms with Crippen LogP contribution in [0.15, 0.2) is 29.2 Å². The molecule has 0 unspecified atom stereocenters. The first-order valence-corrected chi connectivity index (χ1v) is 6.07. The van der Waals surface area contributed by atoms with E-state index < -0.39 is 0 Å². The second-order valence-electron chi connectivity index (χ2n) is 2.19. The van der Waals surface area contributed by atoms with Crippen molar-refractivity contribution in [2.24, 2.45) is 0 Å². The number of hydrogen-bond donors (Lipinski definition) is 0. The zero-order valence-electron chi connectivity index (χ0n) is 6.87. The zero-order chi connectivity index (χ0) is 9.68. The van der Waals surface area contributed by atoms with E-state index in [1.54, 1.807) is 0 Å². The summed E-state index contributed by atoms with van der Waals surface area (Å²) in [5.74, 6) is 0. The van der Waals surface area contributed by atoms with Gasteiger partial charge < -0.3 is 0 Å². The first-order chi connectivity index (χ1) is 6.24. The fourth-order valence-electron chi connectivity index (χ4n) is 0.742. The molecule has 0 saturated heterocycles. The molecule has 0 spiro atoms. The Labute approximate surface area is 98.4 Å². The Morgan fingerprint density at radius 1 is 1.23 bits per heavy atom. The molecular formula is C8H8Br2O2S. The van der Waals surface area contributed by atoms with Crippen LogP contribution in [0.3, 0.4) is 0 Å². The Morgan fingerprint density at radius 3 is 2.31 bits per heavy atom. The fourth-order valence-corrected chi connectivity index (χ4v) is 1.75. The number of halogens is 2. The van der Waals surface area contributed by atoms with Crippen LogP contribution in [0.1, 0.15) is 9.30 Å². The molecule has 0 bridgehead atoms. The predicted molar refractivity (Wildman–Crippen MR) is 61.0 cm³/mol. The molecule has 0 aliphatic carbocycles. The van der Waals surface area contributed by atoms with E-state index in [1.807, 2.05) is 24.3 Å². The SMILES string of the molecule is COOSc1ccc(C(Br)Br)cc1. The summed E-state index contributed by atoms with van der Waals surface area (Å²) < 4.78 is 4.91. The van der Waals surface area contributed by atoms with Crippen LogP contribution in [0.4, 0.5) is 0 Å². The van der Waals surface area contributed by atoms with Crippen molar-refractivity contribution in [1.29, 1.82) is 0 Å². The Balaban J connectivity index is 2.59. The summed E-state index contributed by atoms with van der Waals surface area (Å²) >= 11 is 8.02. The van der Waals surface area contributed by atoms with Gasteiger partial charge in [-0.3, -0.25) is 0 Å². The zero-order valence-corrected chi connectivity index (χ0v) is 10.9. The van der Waals surface area contributed by atoms with E-state index in [0.29, 0.717) is 0 Å². The van der Waals surface area contributed by atoms with Gasteiger partial charge in [0.1, 0.15) is 0 Å². The summed E-state index contributed by atoms with van der Waals surface area (Å²) in [4.78, 5) is 5.47. The van der Waals surface area contributed by atoms with Crippen molar-refractivity contribution in [1.82, 2.24) is 0 Å². The molecule has 0 amide bonds. The molecule has 13 heavy (non-hydrogen) atoms. The van der Waals surface area contributed by atoms with E-state index in [0.717, 1.165) is 4.90 Å². The lowest BCUT2D eigenvalue weighted by Gasteiger charge is -2.02. The molecule has 0 N–H and O–H groups in total. The molecular weight excluding hydrogens is 320 g/mol. The topological polar surface area (TPSA) is 18.5 Å². The van der Waals surface area contributed by atoms with Gasteiger partial charge in [0.25, 0.3) is 0 Å². The largest absolute Gasteiger partial charge is 0.227 e. The van der Waals surface area contributed by atoms with Crippen molar-refractivity contribution in [3.8, 4) is 0 Å². The minimum atomic E-state index is 0.197. The quantitative estimate of drug-likeness (QED) is 0.359. The molecule has 0 saturated carbocycles. The Bertz CT molecular complexity index is 251. The van der Waals surface area contributed by atoms with E-state index in [2.05, 4.69) is 36.7 Å². The van der Waals surface area contributed by atoms with Crippen molar-refractivity contribution in [3.63, 3.8) is 0 Å². The summed E-state index contributed by atoms with van der Waals surface area (Å²) in [5.41, 5.74) is 1.17. The van der Waals surface area contributed by atoms with Gasteiger partial charge >= 0.3 is 0 Å². The summed E-state index contributed by atoms with van der Waals surface area (Å²) in [7, 11) is 1.48. The minimum absolute atomic E-state index is 0.197. The van der Waals surface area contributed by atoms with E-state index in [9.17, 15) is 0 Å². The molecule has 0 aliphatic rings. The van der Waals surface area contributed by atoms with Crippen molar-refractivity contribution in [3.05, 3.63) is 29.8 Å². The van der Waals surface area contributed by atoms with Crippen LogP contribution in [0, 0.1) is 0 Å². The highest BCUT2D eigenvalue weighted by Gasteiger charge is 2.02. The van der Waals surface area contributed by atoms with Crippen molar-refractivity contribution in [2.45, 2.75) is 8.63 Å². The third kappa shape index (κ3) is 3.99. The maximum Gasteiger partial charge on any atom is 0.0946 e. The van der Waals surface area contributed by atoms with Crippen LogP contribution in [-0.2, 0) is 9.22 Å². The highest BCUT2D eigenvalue weighted by atomic mass is 79.9. The van der Waals surface area contributed by atoms with Crippen molar-refractivity contribution < 1.29 is 9.22 Å². The molecule has 1 aromatic rings. The standard InChI is InChI=1S/C8H8Br2O2S/c1-11-12-13-7-4-2-6(3-5-7)8(9)10/h2-5,8H,1H3. The van der Waals surface area contributed by atoms with E-state index in [1.165, 1.54) is 24.7 Å². The average Bonchev–Trinajstić information content (AvgIpc) is 2.15. The van der Waals surface area contributed by atoms with Gasteiger partial charge in [0.2, 0.25) is 0 Å². The summed E-state index contributed by atoms with van der Waals surface area (Å²) in [6.07, 6.45) is 0. The molecule has 2 nitrogen and oxygen atoms in total. The van der Waals surface area contributed by atoms with E-state index >= 15 is 0 Å². The smallest absolute Gasteiger partial charge is 0.0946 e. The molecule has 1 aromatic carbocycles. The third-order valence-corrected chi connectivity index (χ3v) is 3.06. The Hall–Kier alpha value is 0.450. The van der Waals surface area contributed by atoms with Gasteiger partial charge in [-0.25, -0.2) is 4.89 Å². The molecule has 72 valence electrons. The van der Waals surface area contributed by atoms with Crippen molar-refractivity contribution >= 4 is 43.9 Å². The van der Waals surface area contributed by atoms with Gasteiger partial charge in [0, 0.05) is 4.90 Å². The minimum Gasteiger partial charge on any atom is -0.227 e. The fraction of sp³-hybridized carbons (Fsp3) is 0.250.